The Morgan fingerprint density at radius 1 is 1.47 bits per heavy atom. The molecule has 0 aromatic heterocycles. The minimum Gasteiger partial charge on any atom is -0.392 e. The van der Waals surface area contributed by atoms with Crippen LogP contribution >= 0.6 is 12.2 Å². The normalized spacial score (nSPS) is 19.7. The van der Waals surface area contributed by atoms with E-state index in [1.165, 1.54) is 0 Å². The molecule has 0 saturated carbocycles. The van der Waals surface area contributed by atoms with E-state index in [4.69, 9.17) is 18.0 Å². The average Bonchev–Trinajstić information content (AvgIpc) is 2.19. The summed E-state index contributed by atoms with van der Waals surface area (Å²) in [6.07, 6.45) is 0.961. The molecule has 0 aliphatic carbocycles. The van der Waals surface area contributed by atoms with Gasteiger partial charge in [0, 0.05) is 25.7 Å². The molecule has 0 aromatic carbocycles. The minimum atomic E-state index is -4.49. The number of piperidine rings is 1. The van der Waals surface area contributed by atoms with Gasteiger partial charge in [0.05, 0.1) is 4.99 Å². The van der Waals surface area contributed by atoms with Crippen LogP contribution in [0.15, 0.2) is 0 Å². The summed E-state index contributed by atoms with van der Waals surface area (Å²) >= 11 is 4.75. The maximum absolute atomic E-state index is 12.1. The molecule has 9 heteroatoms. The number of likely N-dealkylation sites (tertiary alicyclic amines) is 1. The van der Waals surface area contributed by atoms with Gasteiger partial charge in [0.25, 0.3) is 10.0 Å². The lowest BCUT2D eigenvalue weighted by molar-refractivity contribution is 0.216. The van der Waals surface area contributed by atoms with Crippen molar-refractivity contribution in [1.82, 2.24) is 9.62 Å². The molecule has 0 aromatic rings. The van der Waals surface area contributed by atoms with Gasteiger partial charge >= 0.3 is 5.76 Å². The lowest BCUT2D eigenvalue weighted by Crippen LogP contribution is -2.47. The Hall–Kier alpha value is -0.380. The van der Waals surface area contributed by atoms with Crippen molar-refractivity contribution < 1.29 is 17.2 Å². The zero-order valence-corrected chi connectivity index (χ0v) is 10.7. The second kappa shape index (κ2) is 5.98. The molecule has 1 rings (SSSR count). The van der Waals surface area contributed by atoms with Crippen LogP contribution in [0.25, 0.3) is 0 Å². The third-order valence-corrected chi connectivity index (χ3v) is 3.79. The first kappa shape index (κ1) is 14.7. The van der Waals surface area contributed by atoms with Crippen LogP contribution in [0.1, 0.15) is 12.8 Å². The maximum atomic E-state index is 12.1. The van der Waals surface area contributed by atoms with Crippen LogP contribution in [0.3, 0.4) is 0 Å². The molecule has 0 atom stereocenters. The lowest BCUT2D eigenvalue weighted by atomic mass is 10.1. The van der Waals surface area contributed by atoms with E-state index in [1.807, 2.05) is 9.62 Å². The van der Waals surface area contributed by atoms with Crippen molar-refractivity contribution >= 4 is 27.2 Å². The average molecular weight is 287 g/mol. The van der Waals surface area contributed by atoms with E-state index in [0.717, 1.165) is 0 Å². The Kier molecular flexibility index (Phi) is 5.17. The van der Waals surface area contributed by atoms with Gasteiger partial charge in [-0.15, -0.1) is 0 Å². The fraction of sp³-hybridized carbons (Fsp3) is 0.875. The van der Waals surface area contributed by atoms with Crippen molar-refractivity contribution in [3.8, 4) is 0 Å². The second-order valence-electron chi connectivity index (χ2n) is 3.94. The van der Waals surface area contributed by atoms with Crippen LogP contribution < -0.4 is 10.5 Å². The van der Waals surface area contributed by atoms with Crippen molar-refractivity contribution in [3.63, 3.8) is 0 Å². The highest BCUT2D eigenvalue weighted by Crippen LogP contribution is 2.13. The first-order chi connectivity index (χ1) is 7.81. The number of hydrogen-bond donors (Lipinski definition) is 2. The fourth-order valence-electron chi connectivity index (χ4n) is 1.71. The molecule has 100 valence electrons. The Balaban J connectivity index is 2.40. The molecule has 0 amide bonds. The molecule has 0 radical (unpaired) electrons. The van der Waals surface area contributed by atoms with Gasteiger partial charge in [0.2, 0.25) is 0 Å². The van der Waals surface area contributed by atoms with Crippen molar-refractivity contribution in [2.24, 2.45) is 5.73 Å². The van der Waals surface area contributed by atoms with Crippen molar-refractivity contribution in [2.75, 3.05) is 19.6 Å². The summed E-state index contributed by atoms with van der Waals surface area (Å²) < 4.78 is 48.1. The van der Waals surface area contributed by atoms with E-state index in [9.17, 15) is 17.2 Å². The molecule has 1 heterocycles. The first-order valence-corrected chi connectivity index (χ1v) is 7.06. The molecule has 5 nitrogen and oxygen atoms in total. The molecule has 0 unspecified atom stereocenters. The smallest absolute Gasteiger partial charge is 0.350 e. The first-order valence-electron chi connectivity index (χ1n) is 5.11. The molecule has 0 bridgehead atoms. The maximum Gasteiger partial charge on any atom is 0.350 e. The summed E-state index contributed by atoms with van der Waals surface area (Å²) in [5, 5.41) is 0. The van der Waals surface area contributed by atoms with Gasteiger partial charge in [-0.2, -0.15) is 8.78 Å². The quantitative estimate of drug-likeness (QED) is 0.690. The number of rotatable bonds is 5. The van der Waals surface area contributed by atoms with Crippen LogP contribution in [0, 0.1) is 0 Å². The Morgan fingerprint density at radius 3 is 2.41 bits per heavy atom. The highest BCUT2D eigenvalue weighted by molar-refractivity contribution is 7.89. The number of nitrogens with one attached hydrogen (secondary N) is 1. The predicted octanol–water partition coefficient (Wildman–Crippen LogP) is -0.121. The molecule has 1 aliphatic rings. The van der Waals surface area contributed by atoms with Crippen molar-refractivity contribution in [1.29, 1.82) is 0 Å². The van der Waals surface area contributed by atoms with Gasteiger partial charge in [-0.25, -0.2) is 13.1 Å². The Bertz CT molecular complexity index is 367. The summed E-state index contributed by atoms with van der Waals surface area (Å²) in [4.78, 5) is 2.34. The Morgan fingerprint density at radius 2 is 2.00 bits per heavy atom. The Labute approximate surface area is 104 Å². The third-order valence-electron chi connectivity index (χ3n) is 2.53. The summed E-state index contributed by atoms with van der Waals surface area (Å²) in [7, 11) is -4.49. The van der Waals surface area contributed by atoms with E-state index >= 15 is 0 Å². The second-order valence-corrected chi connectivity index (χ2v) is 6.15. The lowest BCUT2D eigenvalue weighted by Gasteiger charge is -2.31. The van der Waals surface area contributed by atoms with Crippen LogP contribution in [0.2, 0.25) is 0 Å². The molecule has 0 spiro atoms. The van der Waals surface area contributed by atoms with Gasteiger partial charge in [0.1, 0.15) is 0 Å². The monoisotopic (exact) mass is 287 g/mol. The fourth-order valence-corrected chi connectivity index (χ4v) is 2.70. The van der Waals surface area contributed by atoms with E-state index in [1.54, 1.807) is 0 Å². The molecule has 1 saturated heterocycles. The van der Waals surface area contributed by atoms with Gasteiger partial charge < -0.3 is 5.73 Å². The van der Waals surface area contributed by atoms with Gasteiger partial charge in [-0.05, 0) is 12.8 Å². The molecule has 1 fully saturated rings. The highest BCUT2D eigenvalue weighted by Gasteiger charge is 2.29. The number of sulfonamides is 1. The SMILES string of the molecule is NC(=S)CN1CCC(NS(=O)(=O)C(F)F)CC1. The zero-order chi connectivity index (χ0) is 13.1. The number of thiocarbonyl (C=S) groups is 1. The number of hydrogen-bond acceptors (Lipinski definition) is 4. The largest absolute Gasteiger partial charge is 0.392 e. The molecule has 17 heavy (non-hydrogen) atoms. The van der Waals surface area contributed by atoms with Gasteiger partial charge in [-0.1, -0.05) is 12.2 Å². The predicted molar refractivity (Wildman–Crippen MR) is 64.3 cm³/mol. The van der Waals surface area contributed by atoms with Crippen LogP contribution in [-0.4, -0.2) is 49.7 Å². The molecule has 1 aliphatic heterocycles. The number of alkyl halides is 2. The van der Waals surface area contributed by atoms with E-state index < -0.39 is 21.8 Å². The standard InChI is InChI=1S/C8H15F2N3O2S2/c9-8(10)17(14,15)12-6-1-3-13(4-2-6)5-7(11)16/h6,8,12H,1-5H2,(H2,11,16). The summed E-state index contributed by atoms with van der Waals surface area (Å²) in [5.74, 6) is -3.38. The molecular formula is C8H15F2N3O2S2. The van der Waals surface area contributed by atoms with Crippen LogP contribution in [0.4, 0.5) is 8.78 Å². The summed E-state index contributed by atoms with van der Waals surface area (Å²) in [6.45, 7) is 1.66. The van der Waals surface area contributed by atoms with E-state index in [0.29, 0.717) is 37.5 Å². The van der Waals surface area contributed by atoms with Gasteiger partial charge in [0.15, 0.2) is 0 Å². The van der Waals surface area contributed by atoms with Crippen molar-refractivity contribution in [3.05, 3.63) is 0 Å². The van der Waals surface area contributed by atoms with E-state index in [2.05, 4.69) is 0 Å². The number of nitrogens with two attached hydrogens (primary N) is 1. The van der Waals surface area contributed by atoms with Gasteiger partial charge in [-0.3, -0.25) is 4.90 Å². The number of nitrogens with zero attached hydrogens (tertiary/aromatic N) is 1. The highest BCUT2D eigenvalue weighted by atomic mass is 32.2. The number of halogens is 2. The summed E-state index contributed by atoms with van der Waals surface area (Å²) in [6, 6.07) is -0.434. The van der Waals surface area contributed by atoms with Crippen LogP contribution in [0.5, 0.6) is 0 Å². The van der Waals surface area contributed by atoms with Crippen molar-refractivity contribution in [2.45, 2.75) is 24.6 Å². The minimum absolute atomic E-state index is 0.372. The summed E-state index contributed by atoms with van der Waals surface area (Å²) in [5.41, 5.74) is 5.38. The molecular weight excluding hydrogens is 272 g/mol. The van der Waals surface area contributed by atoms with E-state index in [-0.39, 0.29) is 0 Å². The zero-order valence-electron chi connectivity index (χ0n) is 9.10. The topological polar surface area (TPSA) is 75.4 Å². The van der Waals surface area contributed by atoms with Crippen LogP contribution in [-0.2, 0) is 10.0 Å². The third kappa shape index (κ3) is 4.78. The molecule has 3 N–H and O–H groups in total.